The highest BCUT2D eigenvalue weighted by molar-refractivity contribution is 6.36. The van der Waals surface area contributed by atoms with E-state index in [-0.39, 0.29) is 0 Å². The summed E-state index contributed by atoms with van der Waals surface area (Å²) in [5, 5.41) is 4.80. The lowest BCUT2D eigenvalue weighted by atomic mass is 9.94. The van der Waals surface area contributed by atoms with E-state index in [1.807, 2.05) is 24.0 Å². The van der Waals surface area contributed by atoms with E-state index in [9.17, 15) is 18.0 Å². The van der Waals surface area contributed by atoms with Gasteiger partial charge in [-0.25, -0.2) is 9.97 Å². The first-order valence-corrected chi connectivity index (χ1v) is 11.3. The number of aryl methyl sites for hydroxylation is 1. The van der Waals surface area contributed by atoms with Crippen LogP contribution in [0.5, 0.6) is 0 Å². The molecule has 4 heterocycles. The molecule has 0 spiro atoms. The maximum absolute atomic E-state index is 13.2. The van der Waals surface area contributed by atoms with Gasteiger partial charge in [0.2, 0.25) is 5.95 Å². The summed E-state index contributed by atoms with van der Waals surface area (Å²) in [5.74, 6) is 1.15. The Balaban J connectivity index is 1.51. The van der Waals surface area contributed by atoms with Crippen molar-refractivity contribution >= 4 is 52.4 Å². The third-order valence-corrected chi connectivity index (χ3v) is 6.23. The maximum Gasteiger partial charge on any atom is 0.417 e. The van der Waals surface area contributed by atoms with Crippen molar-refractivity contribution in [2.75, 3.05) is 35.7 Å². The van der Waals surface area contributed by atoms with Crippen LogP contribution in [0.2, 0.25) is 5.02 Å². The molecule has 0 unspecified atom stereocenters. The molecule has 184 valence electrons. The summed E-state index contributed by atoms with van der Waals surface area (Å²) in [6.45, 7) is 3.18. The highest BCUT2D eigenvalue weighted by Crippen LogP contribution is 2.38. The molecule has 2 aromatic heterocycles. The molecule has 0 fully saturated rings. The molecule has 1 aromatic carbocycles. The van der Waals surface area contributed by atoms with E-state index in [1.54, 1.807) is 25.4 Å². The van der Waals surface area contributed by atoms with Gasteiger partial charge in [0.15, 0.2) is 0 Å². The molecule has 36 heavy (non-hydrogen) atoms. The first-order valence-electron chi connectivity index (χ1n) is 10.9. The van der Waals surface area contributed by atoms with E-state index in [0.717, 1.165) is 46.2 Å². The van der Waals surface area contributed by atoms with Crippen molar-refractivity contribution in [3.8, 4) is 0 Å². The number of benzene rings is 1. The number of hydrogen-bond acceptors (Lipinski definition) is 7. The Morgan fingerprint density at radius 1 is 1.19 bits per heavy atom. The molecule has 0 saturated heterocycles. The van der Waals surface area contributed by atoms with Gasteiger partial charge < -0.3 is 15.5 Å². The fourth-order valence-corrected chi connectivity index (χ4v) is 4.43. The summed E-state index contributed by atoms with van der Waals surface area (Å²) in [6, 6.07) is 5.94. The number of nitrogens with zero attached hydrogens (tertiary/aromatic N) is 5. The second-order valence-corrected chi connectivity index (χ2v) is 8.52. The number of nitrogens with one attached hydrogen (secondary N) is 2. The number of alkyl halides is 3. The molecule has 2 N–H and O–H groups in total. The zero-order valence-corrected chi connectivity index (χ0v) is 19.9. The van der Waals surface area contributed by atoms with Gasteiger partial charge in [-0.1, -0.05) is 17.7 Å². The van der Waals surface area contributed by atoms with Gasteiger partial charge in [-0.05, 0) is 42.3 Å². The lowest BCUT2D eigenvalue weighted by molar-refractivity contribution is -0.137. The third-order valence-electron chi connectivity index (χ3n) is 5.85. The van der Waals surface area contributed by atoms with Crippen molar-refractivity contribution in [2.24, 2.45) is 4.99 Å². The van der Waals surface area contributed by atoms with E-state index >= 15 is 0 Å². The summed E-state index contributed by atoms with van der Waals surface area (Å²) >= 11 is 5.87. The number of fused-ring (bicyclic) bond motifs is 3. The summed E-state index contributed by atoms with van der Waals surface area (Å²) < 4.78 is 39.6. The molecule has 1 amide bonds. The van der Waals surface area contributed by atoms with E-state index in [1.165, 1.54) is 0 Å². The number of carbonyl (C=O) groups is 1. The van der Waals surface area contributed by atoms with E-state index in [2.05, 4.69) is 30.6 Å². The van der Waals surface area contributed by atoms with Crippen LogP contribution in [0.3, 0.4) is 0 Å². The molecule has 8 nitrogen and oxygen atoms in total. The van der Waals surface area contributed by atoms with Crippen molar-refractivity contribution in [1.82, 2.24) is 15.0 Å². The number of amidine groups is 1. The second-order valence-electron chi connectivity index (χ2n) is 8.14. The Bertz CT molecular complexity index is 1450. The first-order chi connectivity index (χ1) is 17.2. The highest BCUT2D eigenvalue weighted by atomic mass is 35.5. The first kappa shape index (κ1) is 23.7. The summed E-state index contributed by atoms with van der Waals surface area (Å²) in [6.07, 6.45) is -0.135. The molecule has 0 bridgehead atoms. The maximum atomic E-state index is 13.2. The highest BCUT2D eigenvalue weighted by Gasteiger charge is 2.35. The Labute approximate surface area is 209 Å². The fourth-order valence-electron chi connectivity index (χ4n) is 4.12. The Morgan fingerprint density at radius 3 is 2.75 bits per heavy atom. The Morgan fingerprint density at radius 2 is 2.00 bits per heavy atom. The number of halogens is 4. The van der Waals surface area contributed by atoms with Gasteiger partial charge in [0, 0.05) is 42.8 Å². The third kappa shape index (κ3) is 4.15. The monoisotopic (exact) mass is 513 g/mol. The summed E-state index contributed by atoms with van der Waals surface area (Å²) in [4.78, 5) is 32.1. The van der Waals surface area contributed by atoms with Gasteiger partial charge in [0.1, 0.15) is 17.3 Å². The zero-order chi connectivity index (χ0) is 25.6. The molecule has 0 saturated carbocycles. The number of hydrogen-bond donors (Lipinski definition) is 2. The Kier molecular flexibility index (Phi) is 5.87. The average molecular weight is 514 g/mol. The minimum atomic E-state index is -4.71. The van der Waals surface area contributed by atoms with Crippen molar-refractivity contribution in [3.05, 3.63) is 69.6 Å². The smallest absolute Gasteiger partial charge is 0.357 e. The largest absolute Gasteiger partial charge is 0.417 e. The number of amides is 1. The molecular weight excluding hydrogens is 495 g/mol. The molecule has 0 atom stereocenters. The number of rotatable bonds is 4. The van der Waals surface area contributed by atoms with E-state index < -0.39 is 28.4 Å². The molecule has 2 aliphatic rings. The lowest BCUT2D eigenvalue weighted by Crippen LogP contribution is -2.32. The molecule has 0 aliphatic carbocycles. The van der Waals surface area contributed by atoms with Gasteiger partial charge in [-0.2, -0.15) is 18.2 Å². The second kappa shape index (κ2) is 8.90. The molecule has 12 heteroatoms. The van der Waals surface area contributed by atoms with Crippen LogP contribution >= 0.6 is 11.6 Å². The predicted molar refractivity (Wildman–Crippen MR) is 132 cm³/mol. The van der Waals surface area contributed by atoms with E-state index in [4.69, 9.17) is 11.6 Å². The summed E-state index contributed by atoms with van der Waals surface area (Å²) in [5.41, 5.74) is 2.09. The molecule has 3 aromatic rings. The standard InChI is InChI=1S/C24H19ClF3N7O/c1-12-3-4-14(33-22(36)19-18(25)17(5-6-30-19)24(26,27)28)10-15(12)16-9-13-11-32-23(29-2)34-20(13)35-8-7-31-21(16)35/h3-6,9-11H,7-8H2,1-2H3,(H,33,36)(H,29,32,34). The number of aromatic nitrogens is 3. The lowest BCUT2D eigenvalue weighted by Gasteiger charge is -2.28. The van der Waals surface area contributed by atoms with Gasteiger partial charge >= 0.3 is 6.18 Å². The zero-order valence-electron chi connectivity index (χ0n) is 19.1. The van der Waals surface area contributed by atoms with Gasteiger partial charge in [-0.15, -0.1) is 0 Å². The van der Waals surface area contributed by atoms with Crippen LogP contribution in [0.1, 0.15) is 32.7 Å². The van der Waals surface area contributed by atoms with Crippen LogP contribution in [0.15, 0.2) is 41.7 Å². The average Bonchev–Trinajstić information content (AvgIpc) is 3.34. The van der Waals surface area contributed by atoms with Crippen LogP contribution in [-0.4, -0.2) is 46.8 Å². The van der Waals surface area contributed by atoms with Crippen molar-refractivity contribution in [3.63, 3.8) is 0 Å². The van der Waals surface area contributed by atoms with Crippen LogP contribution in [0.25, 0.3) is 11.6 Å². The van der Waals surface area contributed by atoms with Gasteiger partial charge in [-0.3, -0.25) is 9.79 Å². The molecule has 0 radical (unpaired) electrons. The van der Waals surface area contributed by atoms with E-state index in [0.29, 0.717) is 24.7 Å². The molecular formula is C24H19ClF3N7O. The fraction of sp³-hybridized carbons (Fsp3) is 0.208. The van der Waals surface area contributed by atoms with Crippen molar-refractivity contribution in [1.29, 1.82) is 0 Å². The number of anilines is 3. The van der Waals surface area contributed by atoms with Crippen LogP contribution < -0.4 is 15.5 Å². The predicted octanol–water partition coefficient (Wildman–Crippen LogP) is 4.92. The topological polar surface area (TPSA) is 95.4 Å². The van der Waals surface area contributed by atoms with Crippen molar-refractivity contribution < 1.29 is 18.0 Å². The van der Waals surface area contributed by atoms with Gasteiger partial charge in [0.25, 0.3) is 5.91 Å². The van der Waals surface area contributed by atoms with Crippen LogP contribution in [0, 0.1) is 6.92 Å². The van der Waals surface area contributed by atoms with Crippen molar-refractivity contribution in [2.45, 2.75) is 13.1 Å². The SMILES string of the molecule is CNc1ncc2c(n1)N1CCN=C1C(c1cc(NC(=O)c3nccc(C(F)(F)F)c3Cl)ccc1C)=C2. The quantitative estimate of drug-likeness (QED) is 0.514. The molecule has 5 rings (SSSR count). The minimum Gasteiger partial charge on any atom is -0.357 e. The number of pyridine rings is 1. The normalized spacial score (nSPS) is 14.6. The molecule has 2 aliphatic heterocycles. The summed E-state index contributed by atoms with van der Waals surface area (Å²) in [7, 11) is 1.75. The van der Waals surface area contributed by atoms with Crippen LogP contribution in [0.4, 0.5) is 30.6 Å². The Hall–Kier alpha value is -3.99. The van der Waals surface area contributed by atoms with Gasteiger partial charge in [0.05, 0.1) is 17.1 Å². The minimum absolute atomic E-state index is 0.370. The number of aliphatic imine (C=N–C) groups is 1. The number of carbonyl (C=O) groups excluding carboxylic acids is 1. The van der Waals surface area contributed by atoms with Crippen LogP contribution in [-0.2, 0) is 6.18 Å².